The van der Waals surface area contributed by atoms with E-state index in [0.717, 1.165) is 18.4 Å². The average molecular weight is 327 g/mol. The minimum atomic E-state index is -1.32. The Balaban J connectivity index is 1.80. The van der Waals surface area contributed by atoms with Crippen molar-refractivity contribution in [2.75, 3.05) is 0 Å². The van der Waals surface area contributed by atoms with Crippen LogP contribution in [0.25, 0.3) is 0 Å². The number of nitrogens with one attached hydrogen (secondary N) is 1. The smallest absolute Gasteiger partial charge is 0.254 e. The molecule has 0 unspecified atom stereocenters. The van der Waals surface area contributed by atoms with Crippen LogP contribution in [0.2, 0.25) is 5.02 Å². The topological polar surface area (TPSA) is 73.1 Å². The number of amides is 1. The molecule has 23 heavy (non-hydrogen) atoms. The first-order valence-corrected chi connectivity index (χ1v) is 7.69. The Morgan fingerprint density at radius 2 is 2.00 bits per heavy atom. The maximum Gasteiger partial charge on any atom is 0.254 e. The van der Waals surface area contributed by atoms with Crippen molar-refractivity contribution in [3.63, 3.8) is 0 Å². The summed E-state index contributed by atoms with van der Waals surface area (Å²) in [6, 6.07) is 16.0. The minimum Gasteiger partial charge on any atom is -0.378 e. The Kier molecular flexibility index (Phi) is 4.08. The first-order valence-electron chi connectivity index (χ1n) is 7.31. The zero-order valence-electron chi connectivity index (χ0n) is 12.3. The third-order valence-corrected chi connectivity index (χ3v) is 4.45. The van der Waals surface area contributed by atoms with Crippen LogP contribution in [-0.2, 0) is 10.3 Å². The van der Waals surface area contributed by atoms with E-state index in [1.165, 1.54) is 0 Å². The summed E-state index contributed by atoms with van der Waals surface area (Å²) in [5.74, 6) is -0.488. The van der Waals surface area contributed by atoms with Crippen molar-refractivity contribution in [2.24, 2.45) is 0 Å². The van der Waals surface area contributed by atoms with E-state index in [4.69, 9.17) is 16.9 Å². The molecule has 1 amide bonds. The number of carbonyl (C=O) groups is 1. The Bertz CT molecular complexity index is 794. The molecular weight excluding hydrogens is 312 g/mol. The van der Waals surface area contributed by atoms with Gasteiger partial charge in [-0.15, -0.1) is 0 Å². The van der Waals surface area contributed by atoms with Gasteiger partial charge in [0.2, 0.25) is 0 Å². The second-order valence-corrected chi connectivity index (χ2v) is 6.10. The molecule has 0 bridgehead atoms. The van der Waals surface area contributed by atoms with E-state index in [1.807, 2.05) is 6.07 Å². The van der Waals surface area contributed by atoms with Crippen LogP contribution in [0.5, 0.6) is 0 Å². The van der Waals surface area contributed by atoms with Crippen LogP contribution in [0.15, 0.2) is 48.5 Å². The van der Waals surface area contributed by atoms with Crippen LogP contribution < -0.4 is 5.32 Å². The number of aliphatic hydroxyl groups is 1. The molecule has 0 saturated heterocycles. The number of benzene rings is 2. The zero-order valence-corrected chi connectivity index (χ0v) is 13.0. The summed E-state index contributed by atoms with van der Waals surface area (Å²) >= 11 is 6.03. The molecule has 1 aliphatic rings. The van der Waals surface area contributed by atoms with Gasteiger partial charge in [-0.3, -0.25) is 4.79 Å². The van der Waals surface area contributed by atoms with Crippen LogP contribution in [0.3, 0.4) is 0 Å². The molecule has 0 aromatic heterocycles. The second kappa shape index (κ2) is 6.04. The van der Waals surface area contributed by atoms with Crippen LogP contribution in [0, 0.1) is 11.3 Å². The van der Waals surface area contributed by atoms with Crippen molar-refractivity contribution in [1.82, 2.24) is 5.32 Å². The molecule has 4 nitrogen and oxygen atoms in total. The summed E-state index contributed by atoms with van der Waals surface area (Å²) in [6.45, 7) is 0. The maximum absolute atomic E-state index is 12.4. The summed E-state index contributed by atoms with van der Waals surface area (Å²) < 4.78 is 0. The molecule has 2 aromatic carbocycles. The van der Waals surface area contributed by atoms with Crippen LogP contribution in [0.4, 0.5) is 0 Å². The van der Waals surface area contributed by atoms with Crippen molar-refractivity contribution < 1.29 is 9.90 Å². The fourth-order valence-corrected chi connectivity index (χ4v) is 2.88. The van der Waals surface area contributed by atoms with Crippen molar-refractivity contribution in [1.29, 1.82) is 5.26 Å². The van der Waals surface area contributed by atoms with Gasteiger partial charge in [-0.2, -0.15) is 5.26 Å². The van der Waals surface area contributed by atoms with Gasteiger partial charge in [-0.25, -0.2) is 0 Å². The summed E-state index contributed by atoms with van der Waals surface area (Å²) in [4.78, 5) is 12.4. The Morgan fingerprint density at radius 3 is 2.65 bits per heavy atom. The highest BCUT2D eigenvalue weighted by Crippen LogP contribution is 2.46. The van der Waals surface area contributed by atoms with Gasteiger partial charge in [-0.05, 0) is 36.6 Å². The van der Waals surface area contributed by atoms with Gasteiger partial charge in [0.25, 0.3) is 5.91 Å². The van der Waals surface area contributed by atoms with Gasteiger partial charge in [0.1, 0.15) is 0 Å². The second-order valence-electron chi connectivity index (χ2n) is 5.69. The first kappa shape index (κ1) is 15.5. The monoisotopic (exact) mass is 326 g/mol. The molecule has 1 aliphatic carbocycles. The van der Waals surface area contributed by atoms with Crippen LogP contribution in [0.1, 0.15) is 35.6 Å². The fourth-order valence-electron chi connectivity index (χ4n) is 2.64. The molecule has 0 heterocycles. The molecule has 1 atom stereocenters. The largest absolute Gasteiger partial charge is 0.378 e. The van der Waals surface area contributed by atoms with Gasteiger partial charge in [-0.1, -0.05) is 41.9 Å². The van der Waals surface area contributed by atoms with Crippen molar-refractivity contribution in [2.45, 2.75) is 24.5 Å². The molecule has 5 heteroatoms. The fraction of sp³-hybridized carbons (Fsp3) is 0.222. The summed E-state index contributed by atoms with van der Waals surface area (Å²) in [6.07, 6.45) is 0.242. The predicted octanol–water partition coefficient (Wildman–Crippen LogP) is 3.05. The van der Waals surface area contributed by atoms with Gasteiger partial charge < -0.3 is 10.4 Å². The van der Waals surface area contributed by atoms with Gasteiger partial charge in [0, 0.05) is 10.6 Å². The molecule has 2 aromatic rings. The van der Waals surface area contributed by atoms with Gasteiger partial charge in [0.05, 0.1) is 17.2 Å². The lowest BCUT2D eigenvalue weighted by Crippen LogP contribution is -2.38. The van der Waals surface area contributed by atoms with Gasteiger partial charge >= 0.3 is 0 Å². The molecule has 1 fully saturated rings. The highest BCUT2D eigenvalue weighted by Gasteiger charge is 2.46. The number of carbonyl (C=O) groups excluding carboxylic acids is 1. The average Bonchev–Trinajstić information content (AvgIpc) is 3.35. The highest BCUT2D eigenvalue weighted by molar-refractivity contribution is 6.31. The molecule has 1 saturated carbocycles. The molecule has 0 aliphatic heterocycles. The Labute approximate surface area is 139 Å². The zero-order chi connectivity index (χ0) is 16.4. The summed E-state index contributed by atoms with van der Waals surface area (Å²) in [7, 11) is 0. The third-order valence-electron chi connectivity index (χ3n) is 4.10. The lowest BCUT2D eigenvalue weighted by atomic mass is 10.0. The highest BCUT2D eigenvalue weighted by atomic mass is 35.5. The molecule has 2 N–H and O–H groups in total. The molecule has 3 rings (SSSR count). The van der Waals surface area contributed by atoms with E-state index in [0.29, 0.717) is 16.1 Å². The summed E-state index contributed by atoms with van der Waals surface area (Å²) in [5, 5.41) is 22.5. The molecule has 0 radical (unpaired) electrons. The third kappa shape index (κ3) is 3.07. The lowest BCUT2D eigenvalue weighted by molar-refractivity contribution is -0.130. The van der Waals surface area contributed by atoms with Crippen LogP contribution >= 0.6 is 11.6 Å². The van der Waals surface area contributed by atoms with Crippen LogP contribution in [-0.4, -0.2) is 11.0 Å². The van der Waals surface area contributed by atoms with E-state index in [2.05, 4.69) is 11.4 Å². The van der Waals surface area contributed by atoms with E-state index in [-0.39, 0.29) is 0 Å². The SMILES string of the molecule is N#Cc1cccc(C2(NC(=O)[C@H](O)c3ccccc3Cl)CC2)c1. The minimum absolute atomic E-state index is 0.353. The number of nitrogens with zero attached hydrogens (tertiary/aromatic N) is 1. The van der Waals surface area contributed by atoms with Gasteiger partial charge in [0.15, 0.2) is 6.10 Å². The number of hydrogen-bond acceptors (Lipinski definition) is 3. The normalized spacial score (nSPS) is 16.2. The Morgan fingerprint density at radius 1 is 1.26 bits per heavy atom. The number of rotatable bonds is 4. The number of aliphatic hydroxyl groups excluding tert-OH is 1. The van der Waals surface area contributed by atoms with E-state index in [9.17, 15) is 9.90 Å². The number of hydrogen-bond donors (Lipinski definition) is 2. The number of halogens is 1. The molecule has 116 valence electrons. The van der Waals surface area contributed by atoms with Crippen molar-refractivity contribution in [3.8, 4) is 6.07 Å². The maximum atomic E-state index is 12.4. The van der Waals surface area contributed by atoms with E-state index in [1.54, 1.807) is 42.5 Å². The number of nitriles is 1. The summed E-state index contributed by atoms with van der Waals surface area (Å²) in [5.41, 5.74) is 1.32. The van der Waals surface area contributed by atoms with Crippen molar-refractivity contribution in [3.05, 3.63) is 70.2 Å². The van der Waals surface area contributed by atoms with E-state index < -0.39 is 17.6 Å². The molecule has 0 spiro atoms. The Hall–Kier alpha value is -2.35. The first-order chi connectivity index (χ1) is 11.1. The predicted molar refractivity (Wildman–Crippen MR) is 86.6 cm³/mol. The molecular formula is C18H15ClN2O2. The quantitative estimate of drug-likeness (QED) is 0.907. The van der Waals surface area contributed by atoms with E-state index >= 15 is 0 Å². The van der Waals surface area contributed by atoms with Crippen molar-refractivity contribution >= 4 is 17.5 Å². The standard InChI is InChI=1S/C18H15ClN2O2/c19-15-7-2-1-6-14(15)16(22)17(23)21-18(8-9-18)13-5-3-4-12(10-13)11-20/h1-7,10,16,22H,8-9H2,(H,21,23)/t16-/m1/s1. The lowest BCUT2D eigenvalue weighted by Gasteiger charge is -2.21.